The van der Waals surface area contributed by atoms with Crippen LogP contribution in [0.15, 0.2) is 24.3 Å². The van der Waals surface area contributed by atoms with Crippen LogP contribution in [0.1, 0.15) is 40.5 Å². The first-order valence-electron chi connectivity index (χ1n) is 8.69. The molecule has 1 fully saturated rings. The maximum absolute atomic E-state index is 12.4. The van der Waals surface area contributed by atoms with Gasteiger partial charge in [0.2, 0.25) is 15.0 Å². The van der Waals surface area contributed by atoms with E-state index < -0.39 is 10.0 Å². The van der Waals surface area contributed by atoms with Gasteiger partial charge in [-0.15, -0.1) is 10.2 Å². The van der Waals surface area contributed by atoms with E-state index in [1.54, 1.807) is 38.3 Å². The molecular formula is C17H22N4O4S2. The van der Waals surface area contributed by atoms with Crippen molar-refractivity contribution in [1.29, 1.82) is 0 Å². The quantitative estimate of drug-likeness (QED) is 0.784. The molecule has 1 aromatic carbocycles. The zero-order chi connectivity index (χ0) is 19.4. The molecule has 0 aliphatic carbocycles. The third-order valence-electron chi connectivity index (χ3n) is 4.47. The Labute approximate surface area is 162 Å². The highest BCUT2D eigenvalue weighted by Gasteiger charge is 2.30. The number of carbonyl (C=O) groups excluding carboxylic acids is 1. The van der Waals surface area contributed by atoms with Crippen LogP contribution in [0.5, 0.6) is 5.75 Å². The van der Waals surface area contributed by atoms with E-state index >= 15 is 0 Å². The van der Waals surface area contributed by atoms with Gasteiger partial charge < -0.3 is 10.1 Å². The van der Waals surface area contributed by atoms with Crippen LogP contribution >= 0.6 is 11.3 Å². The number of aromatic nitrogens is 2. The largest absolute Gasteiger partial charge is 0.497 e. The number of methoxy groups -OCH3 is 1. The predicted molar refractivity (Wildman–Crippen MR) is 104 cm³/mol. The average molecular weight is 411 g/mol. The number of hydrogen-bond acceptors (Lipinski definition) is 7. The lowest BCUT2D eigenvalue weighted by Crippen LogP contribution is -2.39. The summed E-state index contributed by atoms with van der Waals surface area (Å²) in [5.41, 5.74) is 0.635. The van der Waals surface area contributed by atoms with Crippen LogP contribution in [0, 0.1) is 0 Å². The van der Waals surface area contributed by atoms with E-state index in [9.17, 15) is 13.2 Å². The van der Waals surface area contributed by atoms with Gasteiger partial charge in [0.15, 0.2) is 0 Å². The van der Waals surface area contributed by atoms with Crippen molar-refractivity contribution in [3.05, 3.63) is 34.3 Å². The van der Waals surface area contributed by atoms with Crippen LogP contribution in [0.2, 0.25) is 0 Å². The number of nitrogens with zero attached hydrogens (tertiary/aromatic N) is 3. The van der Waals surface area contributed by atoms with Crippen molar-refractivity contribution in [2.45, 2.75) is 25.7 Å². The summed E-state index contributed by atoms with van der Waals surface area (Å²) in [4.78, 5) is 12.4. The standard InChI is InChI=1S/C17H22N4O4S2/c1-3-27(23,24)21-10-4-5-12(11-21)16-19-20-17(26-16)15(22)18-13-6-8-14(25-2)9-7-13/h6-9,12H,3-5,10-11H2,1-2H3,(H,18,22)/t12-/m0/s1. The van der Waals surface area contributed by atoms with E-state index in [0.29, 0.717) is 29.5 Å². The Morgan fingerprint density at radius 3 is 2.74 bits per heavy atom. The number of rotatable bonds is 6. The van der Waals surface area contributed by atoms with Crippen LogP contribution in [-0.2, 0) is 10.0 Å². The first kappa shape index (κ1) is 19.7. The summed E-state index contributed by atoms with van der Waals surface area (Å²) in [6, 6.07) is 7.00. The van der Waals surface area contributed by atoms with Crippen molar-refractivity contribution in [2.75, 3.05) is 31.3 Å². The molecule has 0 radical (unpaired) electrons. The summed E-state index contributed by atoms with van der Waals surface area (Å²) < 4.78 is 30.8. The summed E-state index contributed by atoms with van der Waals surface area (Å²) in [6.07, 6.45) is 1.61. The SMILES string of the molecule is CCS(=O)(=O)N1CCC[C@H](c2nnc(C(=O)Nc3ccc(OC)cc3)s2)C1. The van der Waals surface area contributed by atoms with Crippen LogP contribution in [0.4, 0.5) is 5.69 Å². The van der Waals surface area contributed by atoms with Crippen LogP contribution in [0.25, 0.3) is 0 Å². The van der Waals surface area contributed by atoms with Crippen molar-refractivity contribution in [2.24, 2.45) is 0 Å². The smallest absolute Gasteiger partial charge is 0.286 e. The van der Waals surface area contributed by atoms with Crippen molar-refractivity contribution >= 4 is 33.0 Å². The Balaban J connectivity index is 1.67. The van der Waals surface area contributed by atoms with Crippen molar-refractivity contribution in [1.82, 2.24) is 14.5 Å². The maximum atomic E-state index is 12.4. The number of ether oxygens (including phenoxy) is 1. The molecule has 0 unspecified atom stereocenters. The molecule has 1 N–H and O–H groups in total. The monoisotopic (exact) mass is 410 g/mol. The maximum Gasteiger partial charge on any atom is 0.286 e. The molecular weight excluding hydrogens is 388 g/mol. The Morgan fingerprint density at radius 1 is 1.33 bits per heavy atom. The van der Waals surface area contributed by atoms with E-state index in [2.05, 4.69) is 15.5 Å². The van der Waals surface area contributed by atoms with Gasteiger partial charge in [0.1, 0.15) is 10.8 Å². The normalized spacial score (nSPS) is 18.2. The number of benzene rings is 1. The fourth-order valence-electron chi connectivity index (χ4n) is 2.93. The first-order chi connectivity index (χ1) is 12.9. The number of amides is 1. The summed E-state index contributed by atoms with van der Waals surface area (Å²) >= 11 is 1.21. The van der Waals surface area contributed by atoms with Gasteiger partial charge in [0, 0.05) is 24.7 Å². The summed E-state index contributed by atoms with van der Waals surface area (Å²) in [6.45, 7) is 2.58. The second-order valence-electron chi connectivity index (χ2n) is 6.23. The molecule has 2 aromatic rings. The molecule has 1 atom stereocenters. The van der Waals surface area contributed by atoms with Gasteiger partial charge >= 0.3 is 0 Å². The molecule has 0 bridgehead atoms. The van der Waals surface area contributed by atoms with Gasteiger partial charge in [-0.3, -0.25) is 4.79 Å². The second kappa shape index (κ2) is 8.32. The van der Waals surface area contributed by atoms with E-state index in [-0.39, 0.29) is 22.6 Å². The van der Waals surface area contributed by atoms with Gasteiger partial charge in [0.25, 0.3) is 5.91 Å². The minimum atomic E-state index is -3.22. The van der Waals surface area contributed by atoms with E-state index in [0.717, 1.165) is 12.8 Å². The van der Waals surface area contributed by atoms with Crippen LogP contribution in [0.3, 0.4) is 0 Å². The zero-order valence-electron chi connectivity index (χ0n) is 15.2. The minimum Gasteiger partial charge on any atom is -0.497 e. The lowest BCUT2D eigenvalue weighted by Gasteiger charge is -2.30. The number of anilines is 1. The van der Waals surface area contributed by atoms with Crippen molar-refractivity contribution in [3.63, 3.8) is 0 Å². The van der Waals surface area contributed by atoms with E-state index in [4.69, 9.17) is 4.74 Å². The summed E-state index contributed by atoms with van der Waals surface area (Å²) in [5, 5.41) is 11.9. The molecule has 8 nitrogen and oxygen atoms in total. The Hall–Kier alpha value is -2.04. The Bertz CT molecular complexity index is 896. The molecule has 146 valence electrons. The topological polar surface area (TPSA) is 101 Å². The molecule has 0 spiro atoms. The van der Waals surface area contributed by atoms with Gasteiger partial charge in [-0.25, -0.2) is 12.7 Å². The summed E-state index contributed by atoms with van der Waals surface area (Å²) in [5.74, 6) is 0.429. The van der Waals surface area contributed by atoms with Crippen LogP contribution < -0.4 is 10.1 Å². The fourth-order valence-corrected chi connectivity index (χ4v) is 4.97. The molecule has 1 aliphatic rings. The Kier molecular flexibility index (Phi) is 6.08. The highest BCUT2D eigenvalue weighted by Crippen LogP contribution is 2.30. The van der Waals surface area contributed by atoms with Gasteiger partial charge in [0.05, 0.1) is 12.9 Å². The third kappa shape index (κ3) is 4.63. The highest BCUT2D eigenvalue weighted by atomic mass is 32.2. The van der Waals surface area contributed by atoms with Crippen molar-refractivity contribution < 1.29 is 17.9 Å². The second-order valence-corrected chi connectivity index (χ2v) is 9.49. The average Bonchev–Trinajstić information content (AvgIpc) is 3.19. The lowest BCUT2D eigenvalue weighted by molar-refractivity contribution is 0.102. The van der Waals surface area contributed by atoms with Gasteiger partial charge in [-0.2, -0.15) is 0 Å². The van der Waals surface area contributed by atoms with E-state index in [1.807, 2.05) is 0 Å². The van der Waals surface area contributed by atoms with Crippen molar-refractivity contribution in [3.8, 4) is 5.75 Å². The van der Waals surface area contributed by atoms with Gasteiger partial charge in [-0.05, 0) is 44.0 Å². The number of hydrogen-bond donors (Lipinski definition) is 1. The van der Waals surface area contributed by atoms with E-state index in [1.165, 1.54) is 15.6 Å². The molecule has 27 heavy (non-hydrogen) atoms. The molecule has 1 amide bonds. The number of carbonyl (C=O) groups is 1. The third-order valence-corrected chi connectivity index (χ3v) is 7.41. The zero-order valence-corrected chi connectivity index (χ0v) is 16.8. The highest BCUT2D eigenvalue weighted by molar-refractivity contribution is 7.89. The molecule has 10 heteroatoms. The van der Waals surface area contributed by atoms with Crippen LogP contribution in [-0.4, -0.2) is 54.8 Å². The first-order valence-corrected chi connectivity index (χ1v) is 11.1. The predicted octanol–water partition coefficient (Wildman–Crippen LogP) is 2.33. The molecule has 1 saturated heterocycles. The minimum absolute atomic E-state index is 0.0277. The summed E-state index contributed by atoms with van der Waals surface area (Å²) in [7, 11) is -1.64. The van der Waals surface area contributed by atoms with Gasteiger partial charge in [-0.1, -0.05) is 11.3 Å². The number of nitrogens with one attached hydrogen (secondary N) is 1. The lowest BCUT2D eigenvalue weighted by atomic mass is 10.0. The Morgan fingerprint density at radius 2 is 2.07 bits per heavy atom. The number of piperidine rings is 1. The molecule has 1 aliphatic heterocycles. The number of sulfonamides is 1. The molecule has 0 saturated carbocycles. The molecule has 1 aromatic heterocycles. The fraction of sp³-hybridized carbons (Fsp3) is 0.471. The molecule has 2 heterocycles. The molecule has 3 rings (SSSR count).